The van der Waals surface area contributed by atoms with Crippen molar-refractivity contribution >= 4 is 43.5 Å². The molecule has 5 aromatic carbocycles. The van der Waals surface area contributed by atoms with E-state index in [4.69, 9.17) is 0 Å². The molecule has 5 aromatic rings. The summed E-state index contributed by atoms with van der Waals surface area (Å²) in [6.07, 6.45) is 17.3. The molecule has 0 bridgehead atoms. The van der Waals surface area contributed by atoms with Crippen molar-refractivity contribution in [1.82, 2.24) is 0 Å². The van der Waals surface area contributed by atoms with Gasteiger partial charge in [-0.1, -0.05) is 72.9 Å². The van der Waals surface area contributed by atoms with E-state index < -0.39 is 17.5 Å². The van der Waals surface area contributed by atoms with E-state index in [2.05, 4.69) is 60.7 Å². The van der Waals surface area contributed by atoms with E-state index >= 15 is 0 Å². The van der Waals surface area contributed by atoms with Crippen LogP contribution in [0, 0.1) is 17.5 Å². The zero-order chi connectivity index (χ0) is 25.1. The molecule has 0 saturated carbocycles. The first-order valence-corrected chi connectivity index (χ1v) is 12.7. The number of rotatable bonds is 3. The van der Waals surface area contributed by atoms with Crippen LogP contribution in [0.3, 0.4) is 0 Å². The van der Waals surface area contributed by atoms with Crippen LogP contribution in [-0.4, -0.2) is 0 Å². The van der Waals surface area contributed by atoms with Crippen LogP contribution >= 0.6 is 0 Å². The quantitative estimate of drug-likeness (QED) is 0.175. The Morgan fingerprint density at radius 1 is 0.622 bits per heavy atom. The third-order valence-electron chi connectivity index (χ3n) is 7.74. The molecule has 0 aliphatic heterocycles. The number of allylic oxidation sites excluding steroid dienone is 8. The lowest BCUT2D eigenvalue weighted by molar-refractivity contribution is 0.448. The summed E-state index contributed by atoms with van der Waals surface area (Å²) >= 11 is 0. The molecule has 7 rings (SSSR count). The van der Waals surface area contributed by atoms with E-state index in [-0.39, 0.29) is 0 Å². The van der Waals surface area contributed by atoms with Gasteiger partial charge in [-0.2, -0.15) is 0 Å². The molecule has 0 fully saturated rings. The SMILES string of the molecule is Fc1cc(-c2ccc3ccc4c(C5=CCCC=C5)cc(C5=CC=CCC5)c5ccc2c3c45)cc(F)c1F. The van der Waals surface area contributed by atoms with Crippen LogP contribution in [0.25, 0.3) is 54.6 Å². The van der Waals surface area contributed by atoms with Crippen LogP contribution in [0.2, 0.25) is 0 Å². The maximum atomic E-state index is 14.2. The molecule has 0 spiro atoms. The second kappa shape index (κ2) is 8.48. The second-order valence-electron chi connectivity index (χ2n) is 9.88. The molecule has 180 valence electrons. The molecule has 0 nitrogen and oxygen atoms in total. The Balaban J connectivity index is 1.61. The number of halogens is 3. The van der Waals surface area contributed by atoms with Gasteiger partial charge in [0.05, 0.1) is 0 Å². The van der Waals surface area contributed by atoms with Crippen LogP contribution in [-0.2, 0) is 0 Å². The van der Waals surface area contributed by atoms with Crippen molar-refractivity contribution in [2.45, 2.75) is 25.7 Å². The molecular formula is C34H23F3. The number of hydrogen-bond acceptors (Lipinski definition) is 0. The van der Waals surface area contributed by atoms with Gasteiger partial charge in [0.1, 0.15) is 0 Å². The lowest BCUT2D eigenvalue weighted by atomic mass is 9.82. The van der Waals surface area contributed by atoms with Crippen molar-refractivity contribution in [1.29, 1.82) is 0 Å². The van der Waals surface area contributed by atoms with Gasteiger partial charge in [-0.05, 0) is 110 Å². The van der Waals surface area contributed by atoms with E-state index in [0.29, 0.717) is 11.1 Å². The highest BCUT2D eigenvalue weighted by atomic mass is 19.2. The maximum Gasteiger partial charge on any atom is 0.194 e. The Labute approximate surface area is 213 Å². The minimum absolute atomic E-state index is 0.327. The van der Waals surface area contributed by atoms with E-state index in [1.54, 1.807) is 0 Å². The summed E-state index contributed by atoms with van der Waals surface area (Å²) in [6.45, 7) is 0. The summed E-state index contributed by atoms with van der Waals surface area (Å²) in [5.74, 6) is -3.81. The average molecular weight is 489 g/mol. The lowest BCUT2D eigenvalue weighted by Gasteiger charge is -2.21. The van der Waals surface area contributed by atoms with Crippen molar-refractivity contribution in [2.24, 2.45) is 0 Å². The third-order valence-corrected chi connectivity index (χ3v) is 7.74. The topological polar surface area (TPSA) is 0 Å². The van der Waals surface area contributed by atoms with Crippen molar-refractivity contribution in [3.05, 3.63) is 120 Å². The zero-order valence-corrected chi connectivity index (χ0v) is 20.1. The summed E-state index contributed by atoms with van der Waals surface area (Å²) in [5, 5.41) is 6.52. The molecule has 0 heterocycles. The molecule has 0 saturated heterocycles. The molecular weight excluding hydrogens is 465 g/mol. The van der Waals surface area contributed by atoms with Crippen molar-refractivity contribution in [3.63, 3.8) is 0 Å². The Hall–Kier alpha value is -4.11. The Bertz CT molecular complexity index is 1830. The molecule has 0 radical (unpaired) electrons. The number of benzene rings is 5. The molecule has 0 amide bonds. The first kappa shape index (κ1) is 22.1. The smallest absolute Gasteiger partial charge is 0.194 e. The zero-order valence-electron chi connectivity index (χ0n) is 20.1. The second-order valence-corrected chi connectivity index (χ2v) is 9.88. The van der Waals surface area contributed by atoms with Gasteiger partial charge in [0.25, 0.3) is 0 Å². The molecule has 3 heteroatoms. The summed E-state index contributed by atoms with van der Waals surface area (Å²) in [6, 6.07) is 16.8. The van der Waals surface area contributed by atoms with E-state index in [9.17, 15) is 13.2 Å². The maximum absolute atomic E-state index is 14.2. The van der Waals surface area contributed by atoms with Crippen LogP contribution in [0.5, 0.6) is 0 Å². The van der Waals surface area contributed by atoms with Gasteiger partial charge in [0.2, 0.25) is 0 Å². The van der Waals surface area contributed by atoms with Gasteiger partial charge < -0.3 is 0 Å². The highest BCUT2D eigenvalue weighted by Crippen LogP contribution is 2.45. The van der Waals surface area contributed by atoms with Gasteiger partial charge in [-0.15, -0.1) is 0 Å². The Morgan fingerprint density at radius 3 is 2.08 bits per heavy atom. The summed E-state index contributed by atoms with van der Waals surface area (Å²) < 4.78 is 42.1. The van der Waals surface area contributed by atoms with Crippen LogP contribution in [0.4, 0.5) is 13.2 Å². The molecule has 2 aliphatic rings. The third kappa shape index (κ3) is 3.45. The van der Waals surface area contributed by atoms with Crippen molar-refractivity contribution in [3.8, 4) is 11.1 Å². The van der Waals surface area contributed by atoms with E-state index in [1.807, 2.05) is 18.2 Å². The highest BCUT2D eigenvalue weighted by molar-refractivity contribution is 6.28. The summed E-state index contributed by atoms with van der Waals surface area (Å²) in [4.78, 5) is 0. The minimum Gasteiger partial charge on any atom is -0.204 e. The fourth-order valence-corrected chi connectivity index (χ4v) is 6.00. The van der Waals surface area contributed by atoms with E-state index in [1.165, 1.54) is 27.7 Å². The largest absolute Gasteiger partial charge is 0.204 e. The van der Waals surface area contributed by atoms with Crippen LogP contribution in [0.1, 0.15) is 36.8 Å². The Morgan fingerprint density at radius 2 is 1.35 bits per heavy atom. The molecule has 0 unspecified atom stereocenters. The van der Waals surface area contributed by atoms with Gasteiger partial charge in [0.15, 0.2) is 17.5 Å². The molecule has 37 heavy (non-hydrogen) atoms. The normalized spacial score (nSPS) is 15.6. The van der Waals surface area contributed by atoms with Gasteiger partial charge >= 0.3 is 0 Å². The van der Waals surface area contributed by atoms with E-state index in [0.717, 1.165) is 64.7 Å². The monoisotopic (exact) mass is 488 g/mol. The van der Waals surface area contributed by atoms with Crippen molar-refractivity contribution in [2.75, 3.05) is 0 Å². The first-order valence-electron chi connectivity index (χ1n) is 12.7. The number of hydrogen-bond donors (Lipinski definition) is 0. The molecule has 2 aliphatic carbocycles. The fourth-order valence-electron chi connectivity index (χ4n) is 6.00. The van der Waals surface area contributed by atoms with Gasteiger partial charge in [0, 0.05) is 0 Å². The standard InChI is InChI=1S/C34H23F3/c35-30-17-23(18-31(36)34(30)37)24-13-11-22-12-14-26-28(20-7-3-1-4-8-20)19-29(21-9-5-2-6-10-21)27-16-15-25(24)32(22)33(26)27/h2-3,5,7-9,11-19H,1,4,6,10H2. The van der Waals surface area contributed by atoms with Crippen LogP contribution in [0.15, 0.2) is 91.1 Å². The van der Waals surface area contributed by atoms with Gasteiger partial charge in [-0.3, -0.25) is 0 Å². The average Bonchev–Trinajstić information content (AvgIpc) is 2.95. The minimum atomic E-state index is -1.45. The molecule has 0 N–H and O–H groups in total. The molecule has 0 aromatic heterocycles. The lowest BCUT2D eigenvalue weighted by Crippen LogP contribution is -1.98. The Kier molecular flexibility index (Phi) is 5.07. The predicted octanol–water partition coefficient (Wildman–Crippen LogP) is 10.1. The van der Waals surface area contributed by atoms with Gasteiger partial charge in [-0.25, -0.2) is 13.2 Å². The summed E-state index contributed by atoms with van der Waals surface area (Å²) in [7, 11) is 0. The highest BCUT2D eigenvalue weighted by Gasteiger charge is 2.20. The fraction of sp³-hybridized carbons (Fsp3) is 0.118. The summed E-state index contributed by atoms with van der Waals surface area (Å²) in [5.41, 5.74) is 5.97. The first-order chi connectivity index (χ1) is 18.1. The predicted molar refractivity (Wildman–Crippen MR) is 148 cm³/mol. The molecule has 0 atom stereocenters. The van der Waals surface area contributed by atoms with Crippen molar-refractivity contribution < 1.29 is 13.2 Å². The van der Waals surface area contributed by atoms with Crippen LogP contribution < -0.4 is 0 Å².